The van der Waals surface area contributed by atoms with Crippen molar-refractivity contribution >= 4 is 5.78 Å². The van der Waals surface area contributed by atoms with E-state index in [-0.39, 0.29) is 23.7 Å². The Morgan fingerprint density at radius 3 is 2.65 bits per heavy atom. The number of hydrogen-bond acceptors (Lipinski definition) is 5. The number of hydrogen-bond donors (Lipinski definition) is 0. The second-order valence-electron chi connectivity index (χ2n) is 4.79. The predicted molar refractivity (Wildman–Crippen MR) is 60.9 cm³/mol. The van der Waals surface area contributed by atoms with Crippen LogP contribution in [0.5, 0.6) is 0 Å². The standard InChI is InChI=1S/C12H15F3N2O3/c1-3-19-8(7-4-5-7)10-16-11(20-17-10)6(2)9(18)12(13,14)15/h6-8H,3-5H2,1-2H3. The average molecular weight is 292 g/mol. The fraction of sp³-hybridized carbons (Fsp3) is 0.750. The van der Waals surface area contributed by atoms with Crippen LogP contribution in [0.15, 0.2) is 4.52 Å². The van der Waals surface area contributed by atoms with Crippen molar-refractivity contribution in [1.82, 2.24) is 10.1 Å². The number of Topliss-reactive ketones (excluding diaryl/α,β-unsaturated/α-hetero) is 1. The number of halogens is 3. The molecule has 1 fully saturated rings. The third-order valence-corrected chi connectivity index (χ3v) is 3.15. The smallest absolute Gasteiger partial charge is 0.370 e. The van der Waals surface area contributed by atoms with Crippen LogP contribution in [0.3, 0.4) is 0 Å². The van der Waals surface area contributed by atoms with E-state index in [1.807, 2.05) is 6.92 Å². The van der Waals surface area contributed by atoms with Crippen LogP contribution < -0.4 is 0 Å². The Balaban J connectivity index is 2.13. The SMILES string of the molecule is CCOC(c1noc(C(C)C(=O)C(F)(F)F)n1)C1CC1. The molecule has 0 aromatic carbocycles. The first kappa shape index (κ1) is 15.0. The summed E-state index contributed by atoms with van der Waals surface area (Å²) in [6, 6.07) is 0. The first-order valence-electron chi connectivity index (χ1n) is 6.40. The van der Waals surface area contributed by atoms with Crippen LogP contribution >= 0.6 is 0 Å². The van der Waals surface area contributed by atoms with Gasteiger partial charge in [0.05, 0.1) is 0 Å². The van der Waals surface area contributed by atoms with Gasteiger partial charge in [-0.2, -0.15) is 18.2 Å². The van der Waals surface area contributed by atoms with Crippen LogP contribution in [-0.2, 0) is 9.53 Å². The van der Waals surface area contributed by atoms with Gasteiger partial charge in [-0.3, -0.25) is 4.79 Å². The zero-order chi connectivity index (χ0) is 14.9. The number of nitrogens with zero attached hydrogens (tertiary/aromatic N) is 2. The molecule has 0 amide bonds. The second-order valence-corrected chi connectivity index (χ2v) is 4.79. The van der Waals surface area contributed by atoms with Crippen LogP contribution in [0.1, 0.15) is 50.4 Å². The molecule has 2 rings (SSSR count). The number of alkyl halides is 3. The van der Waals surface area contributed by atoms with E-state index in [0.717, 1.165) is 19.8 Å². The Kier molecular flexibility index (Phi) is 4.12. The summed E-state index contributed by atoms with van der Waals surface area (Å²) >= 11 is 0. The summed E-state index contributed by atoms with van der Waals surface area (Å²) in [5.74, 6) is -3.24. The maximum atomic E-state index is 12.3. The molecule has 1 aliphatic rings. The monoisotopic (exact) mass is 292 g/mol. The lowest BCUT2D eigenvalue weighted by Crippen LogP contribution is -2.27. The van der Waals surface area contributed by atoms with Gasteiger partial charge in [0.1, 0.15) is 12.0 Å². The van der Waals surface area contributed by atoms with E-state index in [1.54, 1.807) is 0 Å². The zero-order valence-electron chi connectivity index (χ0n) is 11.1. The van der Waals surface area contributed by atoms with Crippen LogP contribution in [-0.4, -0.2) is 28.7 Å². The van der Waals surface area contributed by atoms with Crippen molar-refractivity contribution in [3.05, 3.63) is 11.7 Å². The summed E-state index contributed by atoms with van der Waals surface area (Å²) in [6.45, 7) is 3.36. The van der Waals surface area contributed by atoms with Crippen molar-refractivity contribution < 1.29 is 27.2 Å². The number of rotatable bonds is 6. The number of aromatic nitrogens is 2. The lowest BCUT2D eigenvalue weighted by molar-refractivity contribution is -0.172. The van der Waals surface area contributed by atoms with Crippen molar-refractivity contribution in [3.63, 3.8) is 0 Å². The highest BCUT2D eigenvalue weighted by molar-refractivity contribution is 5.89. The Bertz CT molecular complexity index is 483. The highest BCUT2D eigenvalue weighted by atomic mass is 19.4. The summed E-state index contributed by atoms with van der Waals surface area (Å²) in [7, 11) is 0. The van der Waals surface area contributed by atoms with Crippen molar-refractivity contribution in [2.24, 2.45) is 5.92 Å². The highest BCUT2D eigenvalue weighted by Crippen LogP contribution is 2.42. The van der Waals surface area contributed by atoms with Crippen molar-refractivity contribution in [2.75, 3.05) is 6.61 Å². The second kappa shape index (κ2) is 5.51. The van der Waals surface area contributed by atoms with E-state index in [4.69, 9.17) is 9.26 Å². The topological polar surface area (TPSA) is 65.2 Å². The number of carbonyl (C=O) groups excluding carboxylic acids is 1. The molecule has 1 aromatic rings. The van der Waals surface area contributed by atoms with Crippen LogP contribution in [0.4, 0.5) is 13.2 Å². The lowest BCUT2D eigenvalue weighted by atomic mass is 10.1. The normalized spacial score (nSPS) is 18.9. The van der Waals surface area contributed by atoms with E-state index < -0.39 is 17.9 Å². The molecular formula is C12H15F3N2O3. The molecule has 0 bridgehead atoms. The van der Waals surface area contributed by atoms with Gasteiger partial charge in [0.15, 0.2) is 0 Å². The van der Waals surface area contributed by atoms with Gasteiger partial charge >= 0.3 is 6.18 Å². The Hall–Kier alpha value is -1.44. The third kappa shape index (κ3) is 3.17. The first-order chi connectivity index (χ1) is 9.34. The van der Waals surface area contributed by atoms with Gasteiger partial charge in [0.2, 0.25) is 17.5 Å². The molecule has 1 aromatic heterocycles. The van der Waals surface area contributed by atoms with Gasteiger partial charge in [-0.15, -0.1) is 0 Å². The van der Waals surface area contributed by atoms with Crippen LogP contribution in [0, 0.1) is 5.92 Å². The Morgan fingerprint density at radius 2 is 2.15 bits per heavy atom. The first-order valence-corrected chi connectivity index (χ1v) is 6.40. The van der Waals surface area contributed by atoms with Gasteiger partial charge in [0.25, 0.3) is 0 Å². The molecule has 0 aliphatic heterocycles. The minimum Gasteiger partial charge on any atom is -0.370 e. The number of ketones is 1. The minimum absolute atomic E-state index is 0.214. The quantitative estimate of drug-likeness (QED) is 0.806. The van der Waals surface area contributed by atoms with Crippen molar-refractivity contribution in [1.29, 1.82) is 0 Å². The maximum absolute atomic E-state index is 12.3. The Morgan fingerprint density at radius 1 is 1.50 bits per heavy atom. The summed E-state index contributed by atoms with van der Waals surface area (Å²) < 4.78 is 47.3. The van der Waals surface area contributed by atoms with E-state index >= 15 is 0 Å². The van der Waals surface area contributed by atoms with Gasteiger partial charge < -0.3 is 9.26 Å². The third-order valence-electron chi connectivity index (χ3n) is 3.15. The summed E-state index contributed by atoms with van der Waals surface area (Å²) in [6.07, 6.45) is -3.35. The zero-order valence-corrected chi connectivity index (χ0v) is 11.1. The van der Waals surface area contributed by atoms with Gasteiger partial charge in [0, 0.05) is 6.61 Å². The predicted octanol–water partition coefficient (Wildman–Crippen LogP) is 2.79. The average Bonchev–Trinajstić information content (AvgIpc) is 3.10. The molecule has 0 spiro atoms. The van der Waals surface area contributed by atoms with Crippen molar-refractivity contribution in [2.45, 2.75) is 44.9 Å². The Labute approximate surface area is 113 Å². The molecule has 8 heteroatoms. The molecule has 0 saturated heterocycles. The number of carbonyl (C=O) groups is 1. The fourth-order valence-corrected chi connectivity index (χ4v) is 1.90. The molecule has 0 N–H and O–H groups in total. The van der Waals surface area contributed by atoms with E-state index in [1.165, 1.54) is 0 Å². The van der Waals surface area contributed by atoms with Crippen LogP contribution in [0.2, 0.25) is 0 Å². The summed E-state index contributed by atoms with van der Waals surface area (Å²) in [5.41, 5.74) is 0. The molecule has 2 atom stereocenters. The van der Waals surface area contributed by atoms with Crippen molar-refractivity contribution in [3.8, 4) is 0 Å². The van der Waals surface area contributed by atoms with E-state index in [0.29, 0.717) is 6.61 Å². The molecule has 5 nitrogen and oxygen atoms in total. The highest BCUT2D eigenvalue weighted by Gasteiger charge is 2.44. The number of ether oxygens (including phenoxy) is 1. The van der Waals surface area contributed by atoms with Gasteiger partial charge in [-0.25, -0.2) is 0 Å². The molecule has 1 heterocycles. The molecular weight excluding hydrogens is 277 g/mol. The minimum atomic E-state index is -4.91. The lowest BCUT2D eigenvalue weighted by Gasteiger charge is -2.11. The largest absolute Gasteiger partial charge is 0.450 e. The molecule has 1 aliphatic carbocycles. The maximum Gasteiger partial charge on any atom is 0.450 e. The molecule has 112 valence electrons. The molecule has 2 unspecified atom stereocenters. The van der Waals surface area contributed by atoms with Crippen LogP contribution in [0.25, 0.3) is 0 Å². The van der Waals surface area contributed by atoms with Gasteiger partial charge in [-0.1, -0.05) is 5.16 Å². The summed E-state index contributed by atoms with van der Waals surface area (Å²) in [5, 5.41) is 3.65. The van der Waals surface area contributed by atoms with E-state index in [2.05, 4.69) is 10.1 Å². The van der Waals surface area contributed by atoms with Gasteiger partial charge in [-0.05, 0) is 32.6 Å². The molecule has 20 heavy (non-hydrogen) atoms. The molecule has 0 radical (unpaired) electrons. The molecule has 1 saturated carbocycles. The fourth-order valence-electron chi connectivity index (χ4n) is 1.90. The van der Waals surface area contributed by atoms with E-state index in [9.17, 15) is 18.0 Å². The summed E-state index contributed by atoms with van der Waals surface area (Å²) in [4.78, 5) is 15.0.